The largest absolute Gasteiger partial charge is 0.369 e. The van der Waals surface area contributed by atoms with Crippen LogP contribution in [0.15, 0.2) is 72.8 Å². The lowest BCUT2D eigenvalue weighted by molar-refractivity contribution is 0.662. The van der Waals surface area contributed by atoms with Crippen LogP contribution in [-0.4, -0.2) is 23.3 Å². The molecule has 0 fully saturated rings. The molecule has 4 heteroatoms. The Morgan fingerprint density at radius 2 is 1.46 bits per heavy atom. The Balaban J connectivity index is 1.36. The first-order valence-corrected chi connectivity index (χ1v) is 8.29. The van der Waals surface area contributed by atoms with Gasteiger partial charge < -0.3 is 10.6 Å². The summed E-state index contributed by atoms with van der Waals surface area (Å²) in [6.07, 6.45) is 1.04. The van der Waals surface area contributed by atoms with Crippen LogP contribution < -0.4 is 10.6 Å². The number of nitrogens with one attached hydrogen (secondary N) is 2. The molecule has 0 unspecified atom stereocenters. The van der Waals surface area contributed by atoms with E-state index in [4.69, 9.17) is 0 Å². The van der Waals surface area contributed by atoms with Gasteiger partial charge in [-0.1, -0.05) is 60.7 Å². The molecule has 0 saturated heterocycles. The SMILES string of the molecule is c1ccc(CNCCCNc2ccc(-c3ccccc3)nn2)cc1. The molecule has 3 rings (SSSR count). The molecule has 0 amide bonds. The Hall–Kier alpha value is -2.72. The Bertz CT molecular complexity index is 712. The lowest BCUT2D eigenvalue weighted by Crippen LogP contribution is -2.17. The first kappa shape index (κ1) is 16.1. The molecule has 1 aromatic heterocycles. The van der Waals surface area contributed by atoms with Gasteiger partial charge in [0.2, 0.25) is 0 Å². The smallest absolute Gasteiger partial charge is 0.148 e. The molecule has 122 valence electrons. The van der Waals surface area contributed by atoms with Crippen molar-refractivity contribution >= 4 is 5.82 Å². The highest BCUT2D eigenvalue weighted by Gasteiger charge is 2.00. The van der Waals surface area contributed by atoms with Crippen molar-refractivity contribution in [2.75, 3.05) is 18.4 Å². The van der Waals surface area contributed by atoms with Gasteiger partial charge >= 0.3 is 0 Å². The Morgan fingerprint density at radius 1 is 0.708 bits per heavy atom. The van der Waals surface area contributed by atoms with Crippen LogP contribution in [0.1, 0.15) is 12.0 Å². The van der Waals surface area contributed by atoms with Crippen molar-refractivity contribution < 1.29 is 0 Å². The zero-order valence-corrected chi connectivity index (χ0v) is 13.7. The summed E-state index contributed by atoms with van der Waals surface area (Å²) in [4.78, 5) is 0. The van der Waals surface area contributed by atoms with Crippen molar-refractivity contribution in [3.63, 3.8) is 0 Å². The third-order valence-electron chi connectivity index (χ3n) is 3.74. The van der Waals surface area contributed by atoms with Gasteiger partial charge in [-0.05, 0) is 30.7 Å². The van der Waals surface area contributed by atoms with E-state index in [1.54, 1.807) is 0 Å². The second kappa shape index (κ2) is 8.79. The highest BCUT2D eigenvalue weighted by atomic mass is 15.2. The van der Waals surface area contributed by atoms with E-state index in [0.717, 1.165) is 43.1 Å². The molecule has 0 spiro atoms. The zero-order valence-electron chi connectivity index (χ0n) is 13.7. The molecule has 0 bridgehead atoms. The van der Waals surface area contributed by atoms with Crippen LogP contribution in [0.2, 0.25) is 0 Å². The summed E-state index contributed by atoms with van der Waals surface area (Å²) in [5.74, 6) is 0.817. The van der Waals surface area contributed by atoms with E-state index in [9.17, 15) is 0 Å². The quantitative estimate of drug-likeness (QED) is 0.621. The Kier molecular flexibility index (Phi) is 5.92. The average Bonchev–Trinajstić information content (AvgIpc) is 2.67. The number of anilines is 1. The molecule has 4 nitrogen and oxygen atoms in total. The van der Waals surface area contributed by atoms with Crippen molar-refractivity contribution in [3.8, 4) is 11.3 Å². The van der Waals surface area contributed by atoms with E-state index in [0.29, 0.717) is 0 Å². The van der Waals surface area contributed by atoms with Gasteiger partial charge in [0, 0.05) is 18.7 Å². The summed E-state index contributed by atoms with van der Waals surface area (Å²) in [7, 11) is 0. The van der Waals surface area contributed by atoms with Gasteiger partial charge in [0.15, 0.2) is 0 Å². The van der Waals surface area contributed by atoms with E-state index in [2.05, 4.69) is 45.1 Å². The summed E-state index contributed by atoms with van der Waals surface area (Å²) in [5.41, 5.74) is 3.29. The average molecular weight is 318 g/mol. The molecule has 1 heterocycles. The lowest BCUT2D eigenvalue weighted by atomic mass is 10.1. The number of nitrogens with zero attached hydrogens (tertiary/aromatic N) is 2. The Labute approximate surface area is 143 Å². The highest BCUT2D eigenvalue weighted by Crippen LogP contribution is 2.16. The van der Waals surface area contributed by atoms with Crippen molar-refractivity contribution in [1.82, 2.24) is 15.5 Å². The third-order valence-corrected chi connectivity index (χ3v) is 3.74. The van der Waals surface area contributed by atoms with Gasteiger partial charge in [-0.2, -0.15) is 0 Å². The van der Waals surface area contributed by atoms with Gasteiger partial charge in [0.05, 0.1) is 5.69 Å². The summed E-state index contributed by atoms with van der Waals surface area (Å²) in [6.45, 7) is 2.75. The molecule has 24 heavy (non-hydrogen) atoms. The second-order valence-electron chi connectivity index (χ2n) is 5.61. The van der Waals surface area contributed by atoms with E-state index in [1.807, 2.05) is 48.5 Å². The summed E-state index contributed by atoms with van der Waals surface area (Å²) in [5, 5.41) is 15.3. The second-order valence-corrected chi connectivity index (χ2v) is 5.61. The number of benzene rings is 2. The molecule has 2 N–H and O–H groups in total. The fourth-order valence-electron chi connectivity index (χ4n) is 2.45. The number of aromatic nitrogens is 2. The molecule has 0 saturated carbocycles. The molecular weight excluding hydrogens is 296 g/mol. The van der Waals surface area contributed by atoms with Gasteiger partial charge in [0.1, 0.15) is 5.82 Å². The van der Waals surface area contributed by atoms with Crippen LogP contribution in [0.3, 0.4) is 0 Å². The zero-order chi connectivity index (χ0) is 16.5. The van der Waals surface area contributed by atoms with Crippen molar-refractivity contribution in [1.29, 1.82) is 0 Å². The standard InChI is InChI=1S/C20H22N4/c1-3-8-17(9-4-1)16-21-14-7-15-22-20-13-12-19(23-24-20)18-10-5-2-6-11-18/h1-6,8-13,21H,7,14-16H2,(H,22,24). The first-order valence-electron chi connectivity index (χ1n) is 8.29. The molecule has 0 aliphatic heterocycles. The van der Waals surface area contributed by atoms with Gasteiger partial charge in [0.25, 0.3) is 0 Å². The maximum Gasteiger partial charge on any atom is 0.148 e. The van der Waals surface area contributed by atoms with Crippen LogP contribution in [0.5, 0.6) is 0 Å². The van der Waals surface area contributed by atoms with Crippen molar-refractivity contribution in [2.45, 2.75) is 13.0 Å². The minimum atomic E-state index is 0.817. The van der Waals surface area contributed by atoms with E-state index >= 15 is 0 Å². The predicted octanol–water partition coefficient (Wildman–Crippen LogP) is 3.74. The van der Waals surface area contributed by atoms with E-state index in [1.165, 1.54) is 5.56 Å². The molecular formula is C20H22N4. The summed E-state index contributed by atoms with van der Waals surface area (Å²) < 4.78 is 0. The minimum absolute atomic E-state index is 0.817. The number of hydrogen-bond acceptors (Lipinski definition) is 4. The lowest BCUT2D eigenvalue weighted by Gasteiger charge is -2.07. The molecule has 0 radical (unpaired) electrons. The third kappa shape index (κ3) is 4.89. The molecule has 0 aliphatic rings. The van der Waals surface area contributed by atoms with Crippen LogP contribution in [0, 0.1) is 0 Å². The van der Waals surface area contributed by atoms with Gasteiger partial charge in [-0.3, -0.25) is 0 Å². The molecule has 2 aromatic carbocycles. The maximum atomic E-state index is 4.28. The monoisotopic (exact) mass is 318 g/mol. The fraction of sp³-hybridized carbons (Fsp3) is 0.200. The van der Waals surface area contributed by atoms with E-state index < -0.39 is 0 Å². The van der Waals surface area contributed by atoms with E-state index in [-0.39, 0.29) is 0 Å². The Morgan fingerprint density at radius 3 is 2.17 bits per heavy atom. The fourth-order valence-corrected chi connectivity index (χ4v) is 2.45. The van der Waals surface area contributed by atoms with Crippen LogP contribution in [-0.2, 0) is 6.54 Å². The summed E-state index contributed by atoms with van der Waals surface area (Å²) >= 11 is 0. The van der Waals surface area contributed by atoms with Crippen LogP contribution in [0.4, 0.5) is 5.82 Å². The number of hydrogen-bond donors (Lipinski definition) is 2. The minimum Gasteiger partial charge on any atom is -0.369 e. The number of rotatable bonds is 8. The highest BCUT2D eigenvalue weighted by molar-refractivity contribution is 5.59. The topological polar surface area (TPSA) is 49.8 Å². The van der Waals surface area contributed by atoms with Crippen LogP contribution in [0.25, 0.3) is 11.3 Å². The van der Waals surface area contributed by atoms with Crippen molar-refractivity contribution in [2.24, 2.45) is 0 Å². The molecule has 3 aromatic rings. The van der Waals surface area contributed by atoms with Crippen LogP contribution >= 0.6 is 0 Å². The van der Waals surface area contributed by atoms with Gasteiger partial charge in [-0.25, -0.2) is 0 Å². The molecule has 0 aliphatic carbocycles. The first-order chi connectivity index (χ1) is 11.9. The molecule has 0 atom stereocenters. The van der Waals surface area contributed by atoms with Crippen molar-refractivity contribution in [3.05, 3.63) is 78.4 Å². The summed E-state index contributed by atoms with van der Waals surface area (Å²) in [6, 6.07) is 24.5. The normalized spacial score (nSPS) is 10.5. The maximum absolute atomic E-state index is 4.28. The predicted molar refractivity (Wildman–Crippen MR) is 98.7 cm³/mol. The van der Waals surface area contributed by atoms with Gasteiger partial charge in [-0.15, -0.1) is 10.2 Å².